The zero-order valence-corrected chi connectivity index (χ0v) is 21.5. The summed E-state index contributed by atoms with van der Waals surface area (Å²) in [5.41, 5.74) is 1.22. The highest BCUT2D eigenvalue weighted by Crippen LogP contribution is 2.32. The summed E-state index contributed by atoms with van der Waals surface area (Å²) in [6.45, 7) is 5.30. The number of rotatable bonds is 5. The molecule has 1 atom stereocenters. The summed E-state index contributed by atoms with van der Waals surface area (Å²) in [5.74, 6) is 0.208. The van der Waals surface area contributed by atoms with Crippen LogP contribution in [0, 0.1) is 16.0 Å². The van der Waals surface area contributed by atoms with Crippen molar-refractivity contribution >= 4 is 48.3 Å². The molecule has 0 N–H and O–H groups in total. The highest BCUT2D eigenvalue weighted by Gasteiger charge is 2.29. The Balaban J connectivity index is 1.23. The van der Waals surface area contributed by atoms with Gasteiger partial charge in [0.05, 0.1) is 20.0 Å². The molecule has 2 aliphatic heterocycles. The molecule has 3 aromatic rings. The summed E-state index contributed by atoms with van der Waals surface area (Å²) in [5, 5.41) is 11.8. The Bertz CT molecular complexity index is 1400. The van der Waals surface area contributed by atoms with Crippen molar-refractivity contribution in [2.45, 2.75) is 24.7 Å². The molecule has 5 rings (SSSR count). The van der Waals surface area contributed by atoms with Crippen molar-refractivity contribution in [1.29, 1.82) is 0 Å². The first-order valence-electron chi connectivity index (χ1n) is 11.9. The number of nitrogens with zero attached hydrogens (tertiary/aromatic N) is 5. The molecule has 1 unspecified atom stereocenters. The van der Waals surface area contributed by atoms with Crippen molar-refractivity contribution in [3.8, 4) is 0 Å². The third-order valence-electron chi connectivity index (χ3n) is 6.77. The Morgan fingerprint density at radius 1 is 1.08 bits per heavy atom. The number of nitro groups is 1. The minimum atomic E-state index is -3.56. The van der Waals surface area contributed by atoms with Gasteiger partial charge in [-0.05, 0) is 49.1 Å². The molecule has 2 saturated heterocycles. The summed E-state index contributed by atoms with van der Waals surface area (Å²) < 4.78 is 28.3. The van der Waals surface area contributed by atoms with Gasteiger partial charge < -0.3 is 9.80 Å². The summed E-state index contributed by atoms with van der Waals surface area (Å²) in [7, 11) is -3.56. The van der Waals surface area contributed by atoms with E-state index >= 15 is 0 Å². The molecule has 36 heavy (non-hydrogen) atoms. The number of sulfonamides is 1. The summed E-state index contributed by atoms with van der Waals surface area (Å²) in [6, 6.07) is 10.9. The van der Waals surface area contributed by atoms with Crippen molar-refractivity contribution < 1.29 is 18.1 Å². The maximum atomic E-state index is 13.1. The number of anilines is 1. The molecule has 1 aromatic heterocycles. The SMILES string of the molecule is CC1CCCN(S(=O)(=O)c2ccc(C(=O)N3CCN(c4nc5ccc([N+](=O)[O-])cc5s4)CC3)cc2)C1. The van der Waals surface area contributed by atoms with Gasteiger partial charge in [0.1, 0.15) is 0 Å². The van der Waals surface area contributed by atoms with Crippen molar-refractivity contribution in [3.05, 3.63) is 58.1 Å². The Labute approximate surface area is 213 Å². The van der Waals surface area contributed by atoms with Gasteiger partial charge in [0.25, 0.3) is 11.6 Å². The van der Waals surface area contributed by atoms with Gasteiger partial charge in [0.15, 0.2) is 5.13 Å². The van der Waals surface area contributed by atoms with Crippen molar-refractivity contribution in [2.24, 2.45) is 5.92 Å². The first-order chi connectivity index (χ1) is 17.2. The largest absolute Gasteiger partial charge is 0.345 e. The average molecular weight is 530 g/mol. The fraction of sp³-hybridized carbons (Fsp3) is 0.417. The van der Waals surface area contributed by atoms with E-state index in [1.807, 2.05) is 0 Å². The van der Waals surface area contributed by atoms with Gasteiger partial charge in [0, 0.05) is 57.0 Å². The van der Waals surface area contributed by atoms with Crippen LogP contribution >= 0.6 is 11.3 Å². The normalized spacial score (nSPS) is 19.5. The Morgan fingerprint density at radius 3 is 2.47 bits per heavy atom. The van der Waals surface area contributed by atoms with Crippen LogP contribution in [0.25, 0.3) is 10.2 Å². The molecule has 2 aromatic carbocycles. The topological polar surface area (TPSA) is 117 Å². The number of amides is 1. The van der Waals surface area contributed by atoms with E-state index in [-0.39, 0.29) is 16.5 Å². The molecule has 0 saturated carbocycles. The summed E-state index contributed by atoms with van der Waals surface area (Å²) in [6.07, 6.45) is 1.90. The van der Waals surface area contributed by atoms with E-state index < -0.39 is 14.9 Å². The molecule has 2 fully saturated rings. The highest BCUT2D eigenvalue weighted by atomic mass is 32.2. The molecule has 3 heterocycles. The number of benzene rings is 2. The van der Waals surface area contributed by atoms with Crippen LogP contribution in [0.2, 0.25) is 0 Å². The lowest BCUT2D eigenvalue weighted by atomic mass is 10.0. The van der Waals surface area contributed by atoms with Crippen molar-refractivity contribution in [3.63, 3.8) is 0 Å². The number of thiazole rings is 1. The van der Waals surface area contributed by atoms with Gasteiger partial charge >= 0.3 is 0 Å². The predicted octanol–water partition coefficient (Wildman–Crippen LogP) is 3.59. The van der Waals surface area contributed by atoms with Gasteiger partial charge in [0.2, 0.25) is 10.0 Å². The predicted molar refractivity (Wildman–Crippen MR) is 138 cm³/mol. The first-order valence-corrected chi connectivity index (χ1v) is 14.2. The number of nitro benzene ring substituents is 1. The number of fused-ring (bicyclic) bond motifs is 1. The molecular weight excluding hydrogens is 502 g/mol. The number of carbonyl (C=O) groups is 1. The van der Waals surface area contributed by atoms with Gasteiger partial charge in [-0.2, -0.15) is 4.31 Å². The molecule has 0 aliphatic carbocycles. The number of aromatic nitrogens is 1. The van der Waals surface area contributed by atoms with E-state index in [0.29, 0.717) is 56.3 Å². The molecular formula is C24H27N5O5S2. The summed E-state index contributed by atoms with van der Waals surface area (Å²) in [4.78, 5) is 32.3. The minimum Gasteiger partial charge on any atom is -0.345 e. The second-order valence-electron chi connectivity index (χ2n) is 9.32. The van der Waals surface area contributed by atoms with E-state index in [2.05, 4.69) is 16.8 Å². The Hall–Kier alpha value is -3.09. The number of hydrogen-bond acceptors (Lipinski definition) is 8. The average Bonchev–Trinajstić information content (AvgIpc) is 3.32. The van der Waals surface area contributed by atoms with Crippen LogP contribution in [0.4, 0.5) is 10.8 Å². The van der Waals surface area contributed by atoms with E-state index in [1.165, 1.54) is 39.9 Å². The lowest BCUT2D eigenvalue weighted by Crippen LogP contribution is -2.48. The van der Waals surface area contributed by atoms with Crippen LogP contribution < -0.4 is 4.90 Å². The summed E-state index contributed by atoms with van der Waals surface area (Å²) >= 11 is 1.40. The van der Waals surface area contributed by atoms with E-state index in [4.69, 9.17) is 0 Å². The lowest BCUT2D eigenvalue weighted by molar-refractivity contribution is -0.384. The third kappa shape index (κ3) is 4.80. The molecule has 1 amide bonds. The molecule has 10 nitrogen and oxygen atoms in total. The van der Waals surface area contributed by atoms with Gasteiger partial charge in [-0.15, -0.1) is 0 Å². The lowest BCUT2D eigenvalue weighted by Gasteiger charge is -2.34. The number of carbonyl (C=O) groups excluding carboxylic acids is 1. The maximum Gasteiger partial charge on any atom is 0.270 e. The van der Waals surface area contributed by atoms with Crippen LogP contribution in [0.1, 0.15) is 30.1 Å². The smallest absolute Gasteiger partial charge is 0.270 e. The number of piperazine rings is 1. The van der Waals surface area contributed by atoms with Crippen LogP contribution in [-0.4, -0.2) is 72.7 Å². The maximum absolute atomic E-state index is 13.1. The van der Waals surface area contributed by atoms with E-state index in [0.717, 1.165) is 22.7 Å². The van der Waals surface area contributed by atoms with Gasteiger partial charge in [-0.25, -0.2) is 13.4 Å². The van der Waals surface area contributed by atoms with E-state index in [9.17, 15) is 23.3 Å². The molecule has 12 heteroatoms. The van der Waals surface area contributed by atoms with Crippen LogP contribution in [-0.2, 0) is 10.0 Å². The van der Waals surface area contributed by atoms with Crippen LogP contribution in [0.5, 0.6) is 0 Å². The Morgan fingerprint density at radius 2 is 1.81 bits per heavy atom. The molecule has 0 spiro atoms. The fourth-order valence-electron chi connectivity index (χ4n) is 4.72. The van der Waals surface area contributed by atoms with Crippen molar-refractivity contribution in [2.75, 3.05) is 44.2 Å². The molecule has 190 valence electrons. The van der Waals surface area contributed by atoms with Gasteiger partial charge in [-0.1, -0.05) is 18.3 Å². The quantitative estimate of drug-likeness (QED) is 0.366. The van der Waals surface area contributed by atoms with Crippen molar-refractivity contribution in [1.82, 2.24) is 14.2 Å². The number of non-ortho nitro benzene ring substituents is 1. The van der Waals surface area contributed by atoms with Gasteiger partial charge in [-0.3, -0.25) is 14.9 Å². The standard InChI is InChI=1S/C24H27N5O5S2/c1-17-3-2-10-28(16-17)36(33,34)20-7-4-18(5-8-20)23(30)26-11-13-27(14-12-26)24-25-21-9-6-19(29(31)32)15-22(21)35-24/h4-9,15,17H,2-3,10-14,16H2,1H3. The zero-order chi connectivity index (χ0) is 25.4. The number of hydrogen-bond donors (Lipinski definition) is 0. The highest BCUT2D eigenvalue weighted by molar-refractivity contribution is 7.89. The third-order valence-corrected chi connectivity index (χ3v) is 9.73. The second kappa shape index (κ2) is 9.75. The zero-order valence-electron chi connectivity index (χ0n) is 19.9. The monoisotopic (exact) mass is 529 g/mol. The second-order valence-corrected chi connectivity index (χ2v) is 12.3. The minimum absolute atomic E-state index is 0.0393. The fourth-order valence-corrected chi connectivity index (χ4v) is 7.37. The van der Waals surface area contributed by atoms with Crippen LogP contribution in [0.15, 0.2) is 47.4 Å². The van der Waals surface area contributed by atoms with E-state index in [1.54, 1.807) is 23.1 Å². The Kier molecular flexibility index (Phi) is 6.66. The molecule has 0 radical (unpaired) electrons. The number of piperidine rings is 1. The molecule has 2 aliphatic rings. The first kappa shape index (κ1) is 24.6. The molecule has 0 bridgehead atoms. The van der Waals surface area contributed by atoms with Crippen LogP contribution in [0.3, 0.4) is 0 Å².